The molecule has 1 aromatic rings. The number of alkyl carbamates (subject to hydrolysis) is 1. The molecule has 2 amide bonds. The van der Waals surface area contributed by atoms with E-state index < -0.39 is 11.7 Å². The molecule has 11 nitrogen and oxygen atoms in total. The summed E-state index contributed by atoms with van der Waals surface area (Å²) in [6.45, 7) is 9.54. The van der Waals surface area contributed by atoms with Crippen molar-refractivity contribution in [2.45, 2.75) is 52.2 Å². The lowest BCUT2D eigenvalue weighted by atomic mass is 9.96. The monoisotopic (exact) mass is 436 g/mol. The Hall–Kier alpha value is -2.69. The molecule has 1 aliphatic heterocycles. The van der Waals surface area contributed by atoms with Gasteiger partial charge in [0.1, 0.15) is 5.60 Å². The van der Waals surface area contributed by atoms with Gasteiger partial charge >= 0.3 is 6.09 Å². The largest absolute Gasteiger partial charge is 0.444 e. The van der Waals surface area contributed by atoms with Crippen molar-refractivity contribution in [2.24, 2.45) is 5.92 Å². The number of nitrogens with two attached hydrogens (primary N) is 1. The zero-order chi connectivity index (χ0) is 23.2. The van der Waals surface area contributed by atoms with Gasteiger partial charge in [0.2, 0.25) is 17.8 Å². The molecule has 11 heteroatoms. The summed E-state index contributed by atoms with van der Waals surface area (Å²) in [5.41, 5.74) is 5.30. The van der Waals surface area contributed by atoms with Crippen molar-refractivity contribution in [2.75, 3.05) is 50.9 Å². The number of likely N-dealkylation sites (tertiary alicyclic amines) is 1. The molecule has 1 saturated heterocycles. The average molecular weight is 437 g/mol. The van der Waals surface area contributed by atoms with E-state index in [-0.39, 0.29) is 23.8 Å². The second-order valence-corrected chi connectivity index (χ2v) is 8.98. The van der Waals surface area contributed by atoms with Crippen LogP contribution >= 0.6 is 0 Å². The van der Waals surface area contributed by atoms with Crippen molar-refractivity contribution in [3.8, 4) is 0 Å². The van der Waals surface area contributed by atoms with Gasteiger partial charge in [0.05, 0.1) is 12.0 Å². The Balaban J connectivity index is 1.86. The molecular formula is C20H36N8O3. The number of anilines is 2. The van der Waals surface area contributed by atoms with Gasteiger partial charge in [-0.05, 0) is 47.1 Å². The first-order valence-corrected chi connectivity index (χ1v) is 10.6. The van der Waals surface area contributed by atoms with E-state index in [1.807, 2.05) is 21.0 Å². The lowest BCUT2D eigenvalue weighted by Gasteiger charge is -2.35. The molecule has 0 radical (unpaired) electrons. The number of carbonyl (C=O) groups excluding carboxylic acids is 2. The number of hydrogen-bond donors (Lipinski definition) is 3. The number of ether oxygens (including phenoxy) is 1. The molecule has 1 fully saturated rings. The number of hydrogen-bond acceptors (Lipinski definition) is 9. The minimum atomic E-state index is -0.550. The van der Waals surface area contributed by atoms with E-state index >= 15 is 0 Å². The summed E-state index contributed by atoms with van der Waals surface area (Å²) >= 11 is 0. The van der Waals surface area contributed by atoms with Gasteiger partial charge in [0, 0.05) is 33.7 Å². The van der Waals surface area contributed by atoms with Crippen LogP contribution in [-0.4, -0.2) is 77.7 Å². The summed E-state index contributed by atoms with van der Waals surface area (Å²) in [5.74, 6) is 1.14. The van der Waals surface area contributed by atoms with Crippen molar-refractivity contribution in [1.29, 1.82) is 0 Å². The van der Waals surface area contributed by atoms with Crippen molar-refractivity contribution in [3.63, 3.8) is 0 Å². The van der Waals surface area contributed by atoms with Gasteiger partial charge in [0.25, 0.3) is 0 Å². The molecule has 0 aliphatic carbocycles. The van der Waals surface area contributed by atoms with E-state index in [9.17, 15) is 9.59 Å². The number of nitrogens with one attached hydrogen (secondary N) is 2. The minimum Gasteiger partial charge on any atom is -0.444 e. The minimum absolute atomic E-state index is 0.0213. The number of nitrogen functional groups attached to an aromatic ring is 1. The van der Waals surface area contributed by atoms with Gasteiger partial charge in [-0.15, -0.1) is 0 Å². The van der Waals surface area contributed by atoms with Gasteiger partial charge in [-0.25, -0.2) is 4.79 Å². The molecule has 174 valence electrons. The van der Waals surface area contributed by atoms with Gasteiger partial charge < -0.3 is 26.0 Å². The third-order valence-electron chi connectivity index (χ3n) is 4.90. The molecule has 0 aromatic carbocycles. The number of aromatic nitrogens is 3. The van der Waals surface area contributed by atoms with Crippen LogP contribution in [0.3, 0.4) is 0 Å². The molecular weight excluding hydrogens is 400 g/mol. The quantitative estimate of drug-likeness (QED) is 0.533. The van der Waals surface area contributed by atoms with E-state index in [0.717, 1.165) is 19.4 Å². The fourth-order valence-electron chi connectivity index (χ4n) is 3.33. The highest BCUT2D eigenvalue weighted by Gasteiger charge is 2.30. The lowest BCUT2D eigenvalue weighted by molar-refractivity contribution is -0.127. The molecule has 4 N–H and O–H groups in total. The molecule has 0 saturated carbocycles. The van der Waals surface area contributed by atoms with E-state index in [1.165, 1.54) is 0 Å². The summed E-state index contributed by atoms with van der Waals surface area (Å²) < 4.78 is 5.18. The highest BCUT2D eigenvalue weighted by Crippen LogP contribution is 2.26. The van der Waals surface area contributed by atoms with Crippen LogP contribution in [0.5, 0.6) is 0 Å². The fourth-order valence-corrected chi connectivity index (χ4v) is 3.33. The second kappa shape index (κ2) is 10.6. The van der Waals surface area contributed by atoms with Crippen LogP contribution in [-0.2, 0) is 9.53 Å². The van der Waals surface area contributed by atoms with Crippen LogP contribution in [0, 0.1) is 5.92 Å². The normalized spacial score (nSPS) is 18.2. The molecule has 31 heavy (non-hydrogen) atoms. The number of nitrogens with zero attached hydrogens (tertiary/aromatic N) is 5. The van der Waals surface area contributed by atoms with Crippen LogP contribution in [0.1, 0.15) is 52.4 Å². The van der Waals surface area contributed by atoms with Gasteiger partial charge in [-0.1, -0.05) is 0 Å². The third kappa shape index (κ3) is 7.82. The highest BCUT2D eigenvalue weighted by atomic mass is 16.6. The van der Waals surface area contributed by atoms with Crippen LogP contribution in [0.15, 0.2) is 0 Å². The first-order chi connectivity index (χ1) is 14.5. The summed E-state index contributed by atoms with van der Waals surface area (Å²) in [7, 11) is 3.70. The van der Waals surface area contributed by atoms with E-state index in [1.54, 1.807) is 25.7 Å². The number of amides is 2. The van der Waals surface area contributed by atoms with Crippen LogP contribution in [0.25, 0.3) is 0 Å². The molecule has 1 aromatic heterocycles. The zero-order valence-corrected chi connectivity index (χ0v) is 19.4. The molecule has 2 unspecified atom stereocenters. The predicted molar refractivity (Wildman–Crippen MR) is 119 cm³/mol. The molecule has 1 aliphatic rings. The topological polar surface area (TPSA) is 139 Å². The van der Waals surface area contributed by atoms with Crippen molar-refractivity contribution < 1.29 is 14.3 Å². The maximum absolute atomic E-state index is 12.6. The van der Waals surface area contributed by atoms with Crippen molar-refractivity contribution in [1.82, 2.24) is 30.5 Å². The third-order valence-corrected chi connectivity index (χ3v) is 4.90. The van der Waals surface area contributed by atoms with Crippen LogP contribution < -0.4 is 21.3 Å². The smallest absolute Gasteiger partial charge is 0.407 e. The molecule has 0 bridgehead atoms. The number of piperidine rings is 1. The standard InChI is InChI=1S/C20H36N8O3/c1-13(15-24-17(21)26-18(25-15)27(5)6)28-11-7-8-14(12-28)16(29)22-9-10-23-19(30)31-20(2,3)4/h13-14H,7-12H2,1-6H3,(H,22,29)(H,23,30)(H2,21,24,25,26). The SMILES string of the molecule is CC(c1nc(N)nc(N(C)C)n1)N1CCCC(C(=O)NCCNC(=O)OC(C)(C)C)C1. The molecule has 2 rings (SSSR count). The maximum Gasteiger partial charge on any atom is 0.407 e. The Morgan fingerprint density at radius 3 is 2.55 bits per heavy atom. The Kier molecular flexibility index (Phi) is 8.37. The van der Waals surface area contributed by atoms with Crippen LogP contribution in [0.2, 0.25) is 0 Å². The Morgan fingerprint density at radius 2 is 1.90 bits per heavy atom. The Labute approximate surface area is 184 Å². The van der Waals surface area contributed by atoms with Crippen LogP contribution in [0.4, 0.5) is 16.7 Å². The first-order valence-electron chi connectivity index (χ1n) is 10.6. The fraction of sp³-hybridized carbons (Fsp3) is 0.750. The van der Waals surface area contributed by atoms with Gasteiger partial charge in [-0.3, -0.25) is 9.69 Å². The summed E-state index contributed by atoms with van der Waals surface area (Å²) in [6.07, 6.45) is 1.23. The summed E-state index contributed by atoms with van der Waals surface area (Å²) in [6, 6.07) is -0.0894. The molecule has 2 heterocycles. The lowest BCUT2D eigenvalue weighted by Crippen LogP contribution is -2.45. The van der Waals surface area contributed by atoms with Gasteiger partial charge in [0.15, 0.2) is 5.82 Å². The summed E-state index contributed by atoms with van der Waals surface area (Å²) in [4.78, 5) is 41.2. The number of carbonyl (C=O) groups is 2. The van der Waals surface area contributed by atoms with Crippen molar-refractivity contribution >= 4 is 23.9 Å². The Bertz CT molecular complexity index is 765. The first kappa shape index (κ1) is 24.6. The Morgan fingerprint density at radius 1 is 1.23 bits per heavy atom. The number of rotatable bonds is 7. The van der Waals surface area contributed by atoms with E-state index in [4.69, 9.17) is 10.5 Å². The van der Waals surface area contributed by atoms with Crippen molar-refractivity contribution in [3.05, 3.63) is 5.82 Å². The maximum atomic E-state index is 12.6. The van der Waals surface area contributed by atoms with E-state index in [2.05, 4.69) is 30.5 Å². The highest BCUT2D eigenvalue weighted by molar-refractivity contribution is 5.79. The zero-order valence-electron chi connectivity index (χ0n) is 19.4. The predicted octanol–water partition coefficient (Wildman–Crippen LogP) is 0.934. The van der Waals surface area contributed by atoms with Gasteiger partial charge in [-0.2, -0.15) is 15.0 Å². The van der Waals surface area contributed by atoms with E-state index in [0.29, 0.717) is 31.4 Å². The second-order valence-electron chi connectivity index (χ2n) is 8.98. The molecule has 0 spiro atoms. The molecule has 2 atom stereocenters. The summed E-state index contributed by atoms with van der Waals surface area (Å²) in [5, 5.41) is 5.54. The average Bonchev–Trinajstić information content (AvgIpc) is 2.68.